The third-order valence-corrected chi connectivity index (χ3v) is 7.29. The zero-order valence-electron chi connectivity index (χ0n) is 16.7. The van der Waals surface area contributed by atoms with Crippen molar-refractivity contribution in [1.82, 2.24) is 4.90 Å². The van der Waals surface area contributed by atoms with Crippen LogP contribution >= 0.6 is 15.9 Å². The number of halogens is 1. The molecule has 4 rings (SSSR count). The van der Waals surface area contributed by atoms with Crippen molar-refractivity contribution < 1.29 is 34.8 Å². The molecule has 1 fully saturated rings. The van der Waals surface area contributed by atoms with E-state index in [2.05, 4.69) is 15.9 Å². The van der Waals surface area contributed by atoms with Gasteiger partial charge in [0.2, 0.25) is 5.78 Å². The molecule has 0 spiro atoms. The Kier molecular flexibility index (Phi) is 4.80. The third-order valence-electron chi connectivity index (χ3n) is 6.55. The number of fused-ring (bicyclic) bond motifs is 3. The van der Waals surface area contributed by atoms with Gasteiger partial charge in [0, 0.05) is 16.0 Å². The minimum atomic E-state index is -2.62. The molecule has 0 unspecified atom stereocenters. The van der Waals surface area contributed by atoms with Gasteiger partial charge in [-0.1, -0.05) is 15.9 Å². The number of amides is 1. The van der Waals surface area contributed by atoms with Crippen molar-refractivity contribution in [2.24, 2.45) is 17.6 Å². The van der Waals surface area contributed by atoms with E-state index in [-0.39, 0.29) is 29.7 Å². The molecule has 0 radical (unpaired) electrons. The van der Waals surface area contributed by atoms with Crippen LogP contribution in [0.25, 0.3) is 5.76 Å². The van der Waals surface area contributed by atoms with Crippen molar-refractivity contribution in [1.29, 1.82) is 0 Å². The summed E-state index contributed by atoms with van der Waals surface area (Å²) in [6.45, 7) is 0. The highest BCUT2D eigenvalue weighted by Gasteiger charge is 2.64. The minimum Gasteiger partial charge on any atom is -0.508 e. The second-order valence-corrected chi connectivity index (χ2v) is 9.24. The largest absolute Gasteiger partial charge is 0.508 e. The topological polar surface area (TPSA) is 161 Å². The fourth-order valence-electron chi connectivity index (χ4n) is 5.21. The zero-order chi connectivity index (χ0) is 23.0. The van der Waals surface area contributed by atoms with E-state index in [1.165, 1.54) is 11.0 Å². The van der Waals surface area contributed by atoms with Gasteiger partial charge < -0.3 is 26.2 Å². The molecule has 0 aromatic heterocycles. The lowest BCUT2D eigenvalue weighted by Crippen LogP contribution is -2.65. The molecule has 4 atom stereocenters. The van der Waals surface area contributed by atoms with Gasteiger partial charge in [0.25, 0.3) is 5.91 Å². The summed E-state index contributed by atoms with van der Waals surface area (Å²) in [5.74, 6) is -6.56. The van der Waals surface area contributed by atoms with Crippen molar-refractivity contribution in [3.8, 4) is 5.75 Å². The molecule has 1 amide bonds. The summed E-state index contributed by atoms with van der Waals surface area (Å²) in [6, 6.07) is 1.88. The van der Waals surface area contributed by atoms with Gasteiger partial charge in [-0.2, -0.15) is 0 Å². The van der Waals surface area contributed by atoms with Crippen LogP contribution in [-0.2, 0) is 20.8 Å². The molecule has 9 nitrogen and oxygen atoms in total. The molecule has 0 heterocycles. The molecule has 10 heteroatoms. The number of Topliss-reactive ketones (excluding diaryl/α,β-unsaturated/α-hetero) is 2. The molecular formula is C21H21BrN2O7. The number of likely N-dealkylation sites (N-methyl/N-ethyl adjacent to an activating group) is 1. The molecule has 3 aliphatic carbocycles. The van der Waals surface area contributed by atoms with E-state index >= 15 is 0 Å². The van der Waals surface area contributed by atoms with E-state index in [1.807, 2.05) is 0 Å². The Morgan fingerprint density at radius 2 is 1.87 bits per heavy atom. The van der Waals surface area contributed by atoms with E-state index in [1.54, 1.807) is 20.2 Å². The summed E-state index contributed by atoms with van der Waals surface area (Å²) in [5, 5.41) is 43.4. The van der Waals surface area contributed by atoms with Crippen LogP contribution in [0.3, 0.4) is 0 Å². The molecule has 1 aromatic carbocycles. The molecule has 1 saturated carbocycles. The van der Waals surface area contributed by atoms with Gasteiger partial charge in [0.1, 0.15) is 22.8 Å². The summed E-state index contributed by atoms with van der Waals surface area (Å²) in [6.07, 6.45) is 0.317. The molecule has 0 aliphatic heterocycles. The standard InChI is InChI=1S/C21H21BrN2O7/c1-24(2)15-9-6-7-5-8-10(22)3-4-11(25)13(8)16(26)12(7)18(28)21(9,31)19(29)14(17(15)27)20(23)30/h3-4,7,9,15,25-26,29,31H,5-6H2,1-2H3,(H2,23,30)/t7-,9-,15-,21-/m1/s1. The smallest absolute Gasteiger partial charge is 0.255 e. The normalized spacial score (nSPS) is 30.3. The van der Waals surface area contributed by atoms with Crippen LogP contribution < -0.4 is 5.73 Å². The summed E-state index contributed by atoms with van der Waals surface area (Å²) in [4.78, 5) is 39.9. The molecule has 6 N–H and O–H groups in total. The number of benzene rings is 1. The van der Waals surface area contributed by atoms with Crippen molar-refractivity contribution in [2.45, 2.75) is 24.5 Å². The summed E-state index contributed by atoms with van der Waals surface area (Å²) in [5.41, 5.74) is 2.32. The first-order chi connectivity index (χ1) is 14.4. The Labute approximate surface area is 185 Å². The number of ketones is 2. The maximum Gasteiger partial charge on any atom is 0.255 e. The number of hydrogen-bond acceptors (Lipinski definition) is 8. The quantitative estimate of drug-likeness (QED) is 0.377. The molecule has 3 aliphatic rings. The van der Waals surface area contributed by atoms with E-state index < -0.39 is 58.0 Å². The Morgan fingerprint density at radius 3 is 2.45 bits per heavy atom. The number of nitrogens with two attached hydrogens (primary N) is 1. The van der Waals surface area contributed by atoms with Gasteiger partial charge in [0.05, 0.1) is 11.6 Å². The van der Waals surface area contributed by atoms with Crippen LogP contribution in [0.1, 0.15) is 17.5 Å². The summed E-state index contributed by atoms with van der Waals surface area (Å²) in [7, 11) is 3.12. The van der Waals surface area contributed by atoms with Gasteiger partial charge in [-0.05, 0) is 50.6 Å². The number of phenolic OH excluding ortho intramolecular Hbond substituents is 1. The fourth-order valence-corrected chi connectivity index (χ4v) is 5.70. The average molecular weight is 493 g/mol. The third kappa shape index (κ3) is 2.71. The van der Waals surface area contributed by atoms with Crippen LogP contribution in [0.15, 0.2) is 33.5 Å². The Morgan fingerprint density at radius 1 is 1.23 bits per heavy atom. The summed E-state index contributed by atoms with van der Waals surface area (Å²) < 4.78 is 0.627. The number of carbonyl (C=O) groups is 3. The van der Waals surface area contributed by atoms with Crippen LogP contribution in [0.2, 0.25) is 0 Å². The number of hydrogen-bond donors (Lipinski definition) is 5. The number of phenols is 1. The predicted octanol–water partition coefficient (Wildman–Crippen LogP) is 0.727. The van der Waals surface area contributed by atoms with Gasteiger partial charge in [-0.25, -0.2) is 0 Å². The number of nitrogens with zero attached hydrogens (tertiary/aromatic N) is 1. The number of aliphatic hydroxyl groups excluding tert-OH is 2. The Balaban J connectivity index is 1.99. The second kappa shape index (κ2) is 6.91. The lowest BCUT2D eigenvalue weighted by molar-refractivity contribution is -0.153. The number of primary amides is 1. The second-order valence-electron chi connectivity index (χ2n) is 8.38. The number of aliphatic hydroxyl groups is 3. The van der Waals surface area contributed by atoms with E-state index in [4.69, 9.17) is 5.73 Å². The van der Waals surface area contributed by atoms with Crippen molar-refractivity contribution in [3.63, 3.8) is 0 Å². The van der Waals surface area contributed by atoms with Crippen molar-refractivity contribution >= 4 is 39.2 Å². The van der Waals surface area contributed by atoms with Crippen molar-refractivity contribution in [3.05, 3.63) is 44.6 Å². The van der Waals surface area contributed by atoms with E-state index in [0.717, 1.165) is 0 Å². The monoisotopic (exact) mass is 492 g/mol. The van der Waals surface area contributed by atoms with E-state index in [9.17, 15) is 34.8 Å². The first kappa shape index (κ1) is 21.5. The first-order valence-corrected chi connectivity index (χ1v) is 10.4. The average Bonchev–Trinajstić information content (AvgIpc) is 2.67. The zero-order valence-corrected chi connectivity index (χ0v) is 18.3. The van der Waals surface area contributed by atoms with Crippen LogP contribution in [0.4, 0.5) is 0 Å². The van der Waals surface area contributed by atoms with Crippen LogP contribution in [0.5, 0.6) is 5.75 Å². The molecule has 31 heavy (non-hydrogen) atoms. The molecule has 0 bridgehead atoms. The molecule has 1 aromatic rings. The van der Waals surface area contributed by atoms with E-state index in [0.29, 0.717) is 10.0 Å². The van der Waals surface area contributed by atoms with Crippen molar-refractivity contribution in [2.75, 3.05) is 14.1 Å². The Bertz CT molecular complexity index is 1120. The van der Waals surface area contributed by atoms with Crippen LogP contribution in [0, 0.1) is 11.8 Å². The molecule has 0 saturated heterocycles. The van der Waals surface area contributed by atoms with Gasteiger partial charge in [0.15, 0.2) is 11.4 Å². The van der Waals surface area contributed by atoms with Gasteiger partial charge >= 0.3 is 0 Å². The molecule has 164 valence electrons. The highest BCUT2D eigenvalue weighted by Crippen LogP contribution is 2.53. The maximum atomic E-state index is 13.5. The number of rotatable bonds is 2. The number of carbonyl (C=O) groups excluding carboxylic acids is 3. The fraction of sp³-hybridized carbons (Fsp3) is 0.381. The summed E-state index contributed by atoms with van der Waals surface area (Å²) >= 11 is 3.39. The predicted molar refractivity (Wildman–Crippen MR) is 112 cm³/mol. The minimum absolute atomic E-state index is 0.0608. The Hall–Kier alpha value is -2.69. The van der Waals surface area contributed by atoms with Crippen LogP contribution in [-0.4, -0.2) is 68.5 Å². The number of aromatic hydroxyl groups is 1. The highest BCUT2D eigenvalue weighted by atomic mass is 79.9. The first-order valence-electron chi connectivity index (χ1n) is 9.58. The van der Waals surface area contributed by atoms with Gasteiger partial charge in [-0.3, -0.25) is 19.3 Å². The highest BCUT2D eigenvalue weighted by molar-refractivity contribution is 9.10. The SMILES string of the molecule is CN(C)[C@H]1C(=O)C(C(N)=O)=C(O)[C@]2(O)C(=O)C3=C(O)c4c(O)ccc(Br)c4C[C@@H]3C[C@H]12. The lowest BCUT2D eigenvalue weighted by atomic mass is 9.57. The molecular weight excluding hydrogens is 472 g/mol. The lowest BCUT2D eigenvalue weighted by Gasteiger charge is -2.50. The maximum absolute atomic E-state index is 13.5. The van der Waals surface area contributed by atoms with Gasteiger partial charge in [-0.15, -0.1) is 0 Å².